The van der Waals surface area contributed by atoms with Crippen molar-refractivity contribution in [3.8, 4) is 11.5 Å². The molecule has 3 rings (SSSR count). The molecule has 2 aromatic heterocycles. The van der Waals surface area contributed by atoms with E-state index < -0.39 is 0 Å². The van der Waals surface area contributed by atoms with Crippen LogP contribution in [0.2, 0.25) is 5.02 Å². The van der Waals surface area contributed by atoms with Crippen LogP contribution in [0.25, 0.3) is 11.5 Å². The summed E-state index contributed by atoms with van der Waals surface area (Å²) in [7, 11) is 0. The Bertz CT molecular complexity index is 537. The number of morpholine rings is 1. The summed E-state index contributed by atoms with van der Waals surface area (Å²) in [5.41, 5.74) is 0.646. The lowest BCUT2D eigenvalue weighted by atomic mass is 10.2. The molecule has 1 unspecified atom stereocenters. The number of hydrogen-bond donors (Lipinski definition) is 1. The van der Waals surface area contributed by atoms with E-state index in [1.165, 1.54) is 0 Å². The van der Waals surface area contributed by atoms with E-state index in [4.69, 9.17) is 20.9 Å². The number of nitrogens with zero attached hydrogens (tertiary/aromatic N) is 3. The van der Waals surface area contributed by atoms with Gasteiger partial charge in [0, 0.05) is 25.2 Å². The van der Waals surface area contributed by atoms with Gasteiger partial charge in [-0.1, -0.05) is 16.8 Å². The molecule has 100 valence electrons. The second-order valence-corrected chi connectivity index (χ2v) is 4.74. The van der Waals surface area contributed by atoms with Gasteiger partial charge in [-0.15, -0.1) is 0 Å². The lowest BCUT2D eigenvalue weighted by Gasteiger charge is -2.22. The van der Waals surface area contributed by atoms with Crippen LogP contribution in [-0.4, -0.2) is 40.9 Å². The summed E-state index contributed by atoms with van der Waals surface area (Å²) in [6.07, 6.45) is 2.21. The summed E-state index contributed by atoms with van der Waals surface area (Å²) in [4.78, 5) is 8.48. The van der Waals surface area contributed by atoms with E-state index in [1.54, 1.807) is 18.3 Å². The average molecular weight is 281 g/mol. The minimum Gasteiger partial charge on any atom is -0.378 e. The van der Waals surface area contributed by atoms with E-state index in [-0.39, 0.29) is 6.04 Å². The second kappa shape index (κ2) is 5.64. The summed E-state index contributed by atoms with van der Waals surface area (Å²) in [6, 6.07) is 3.73. The molecule has 1 aliphatic rings. The molecule has 1 saturated heterocycles. The van der Waals surface area contributed by atoms with Crippen molar-refractivity contribution in [3.63, 3.8) is 0 Å². The van der Waals surface area contributed by atoms with Gasteiger partial charge in [0.2, 0.25) is 11.7 Å². The van der Waals surface area contributed by atoms with E-state index in [0.717, 1.165) is 13.2 Å². The van der Waals surface area contributed by atoms with Gasteiger partial charge < -0.3 is 14.6 Å². The number of halogens is 1. The molecule has 1 N–H and O–H groups in total. The normalized spacial score (nSPS) is 19.5. The molecule has 0 radical (unpaired) electrons. The molecule has 0 aromatic carbocycles. The molecule has 6 nitrogen and oxygen atoms in total. The zero-order chi connectivity index (χ0) is 13.1. The third kappa shape index (κ3) is 3.09. The fourth-order valence-corrected chi connectivity index (χ4v) is 2.02. The van der Waals surface area contributed by atoms with Crippen LogP contribution in [-0.2, 0) is 11.2 Å². The van der Waals surface area contributed by atoms with Crippen LogP contribution in [0.15, 0.2) is 22.9 Å². The highest BCUT2D eigenvalue weighted by atomic mass is 35.5. The van der Waals surface area contributed by atoms with Gasteiger partial charge in [-0.3, -0.25) is 4.98 Å². The lowest BCUT2D eigenvalue weighted by Crippen LogP contribution is -2.42. The Balaban J connectivity index is 1.70. The van der Waals surface area contributed by atoms with Crippen molar-refractivity contribution >= 4 is 11.6 Å². The Labute approximate surface area is 115 Å². The molecular weight excluding hydrogens is 268 g/mol. The molecule has 0 amide bonds. The van der Waals surface area contributed by atoms with Crippen LogP contribution in [0.4, 0.5) is 0 Å². The van der Waals surface area contributed by atoms with Crippen LogP contribution < -0.4 is 5.32 Å². The largest absolute Gasteiger partial charge is 0.378 e. The van der Waals surface area contributed by atoms with Gasteiger partial charge in [0.05, 0.1) is 18.2 Å². The van der Waals surface area contributed by atoms with E-state index in [2.05, 4.69) is 20.4 Å². The van der Waals surface area contributed by atoms with Crippen LogP contribution >= 0.6 is 11.6 Å². The first-order chi connectivity index (χ1) is 9.31. The number of pyridine rings is 1. The Hall–Kier alpha value is -1.50. The predicted octanol–water partition coefficient (Wildman–Crippen LogP) is 1.32. The molecule has 0 aliphatic carbocycles. The van der Waals surface area contributed by atoms with Gasteiger partial charge in [-0.25, -0.2) is 0 Å². The minimum atomic E-state index is 0.222. The van der Waals surface area contributed by atoms with Gasteiger partial charge in [0.1, 0.15) is 5.69 Å². The third-order valence-corrected chi connectivity index (χ3v) is 3.07. The number of nitrogens with one attached hydrogen (secondary N) is 1. The summed E-state index contributed by atoms with van der Waals surface area (Å²) in [5.74, 6) is 1.05. The Morgan fingerprint density at radius 2 is 2.37 bits per heavy atom. The molecule has 7 heteroatoms. The smallest absolute Gasteiger partial charge is 0.228 e. The molecule has 3 heterocycles. The summed E-state index contributed by atoms with van der Waals surface area (Å²) >= 11 is 5.78. The molecular formula is C12H13ClN4O2. The summed E-state index contributed by atoms with van der Waals surface area (Å²) < 4.78 is 10.6. The number of ether oxygens (including phenoxy) is 1. The summed E-state index contributed by atoms with van der Waals surface area (Å²) in [6.45, 7) is 2.27. The fraction of sp³-hybridized carbons (Fsp3) is 0.417. The standard InChI is InChI=1S/C12H13ClN4O2/c13-8-1-2-10(15-6-8)12-16-11(19-17-12)5-9-7-18-4-3-14-9/h1-2,6,9,14H,3-5,7H2. The van der Waals surface area contributed by atoms with E-state index in [0.29, 0.717) is 35.5 Å². The predicted molar refractivity (Wildman–Crippen MR) is 68.9 cm³/mol. The van der Waals surface area contributed by atoms with Crippen molar-refractivity contribution in [2.45, 2.75) is 12.5 Å². The van der Waals surface area contributed by atoms with E-state index >= 15 is 0 Å². The van der Waals surface area contributed by atoms with Gasteiger partial charge in [-0.05, 0) is 12.1 Å². The SMILES string of the molecule is Clc1ccc(-c2noc(CC3COCCN3)n2)nc1. The number of hydrogen-bond acceptors (Lipinski definition) is 6. The quantitative estimate of drug-likeness (QED) is 0.914. The highest BCUT2D eigenvalue weighted by Crippen LogP contribution is 2.16. The first kappa shape index (κ1) is 12.5. The van der Waals surface area contributed by atoms with Gasteiger partial charge in [0.25, 0.3) is 0 Å². The van der Waals surface area contributed by atoms with Crippen molar-refractivity contribution in [1.29, 1.82) is 0 Å². The summed E-state index contributed by atoms with van der Waals surface area (Å²) in [5, 5.41) is 7.84. The molecule has 2 aromatic rings. The molecule has 1 aliphatic heterocycles. The van der Waals surface area contributed by atoms with Crippen molar-refractivity contribution in [3.05, 3.63) is 29.2 Å². The zero-order valence-electron chi connectivity index (χ0n) is 10.2. The molecule has 0 bridgehead atoms. The van der Waals surface area contributed by atoms with Gasteiger partial charge >= 0.3 is 0 Å². The highest BCUT2D eigenvalue weighted by Gasteiger charge is 2.18. The maximum Gasteiger partial charge on any atom is 0.228 e. The molecule has 0 spiro atoms. The average Bonchev–Trinajstić information content (AvgIpc) is 2.89. The lowest BCUT2D eigenvalue weighted by molar-refractivity contribution is 0.0744. The van der Waals surface area contributed by atoms with Crippen molar-refractivity contribution in [2.75, 3.05) is 19.8 Å². The van der Waals surface area contributed by atoms with Crippen molar-refractivity contribution < 1.29 is 9.26 Å². The number of rotatable bonds is 3. The van der Waals surface area contributed by atoms with Crippen molar-refractivity contribution in [2.24, 2.45) is 0 Å². The fourth-order valence-electron chi connectivity index (χ4n) is 1.91. The maximum absolute atomic E-state index is 5.78. The first-order valence-corrected chi connectivity index (χ1v) is 6.45. The minimum absolute atomic E-state index is 0.222. The monoisotopic (exact) mass is 280 g/mol. The van der Waals surface area contributed by atoms with Crippen LogP contribution in [0.3, 0.4) is 0 Å². The molecule has 1 fully saturated rings. The zero-order valence-corrected chi connectivity index (χ0v) is 10.9. The number of aromatic nitrogens is 3. The topological polar surface area (TPSA) is 73.1 Å². The first-order valence-electron chi connectivity index (χ1n) is 6.07. The van der Waals surface area contributed by atoms with E-state index in [9.17, 15) is 0 Å². The molecule has 1 atom stereocenters. The Kier molecular flexibility index (Phi) is 3.72. The van der Waals surface area contributed by atoms with Crippen LogP contribution in [0, 0.1) is 0 Å². The van der Waals surface area contributed by atoms with Crippen LogP contribution in [0.5, 0.6) is 0 Å². The second-order valence-electron chi connectivity index (χ2n) is 4.30. The third-order valence-electron chi connectivity index (χ3n) is 2.84. The molecule has 0 saturated carbocycles. The van der Waals surface area contributed by atoms with Gasteiger partial charge in [0.15, 0.2) is 0 Å². The highest BCUT2D eigenvalue weighted by molar-refractivity contribution is 6.30. The molecule has 19 heavy (non-hydrogen) atoms. The Morgan fingerprint density at radius 3 is 3.11 bits per heavy atom. The Morgan fingerprint density at radius 1 is 1.42 bits per heavy atom. The van der Waals surface area contributed by atoms with Crippen molar-refractivity contribution in [1.82, 2.24) is 20.4 Å². The van der Waals surface area contributed by atoms with Gasteiger partial charge in [-0.2, -0.15) is 4.98 Å². The van der Waals surface area contributed by atoms with E-state index in [1.807, 2.05) is 0 Å². The van der Waals surface area contributed by atoms with Crippen LogP contribution in [0.1, 0.15) is 5.89 Å². The maximum atomic E-state index is 5.78.